The van der Waals surface area contributed by atoms with Crippen molar-refractivity contribution in [3.05, 3.63) is 23.4 Å². The minimum atomic E-state index is -0.947. The highest BCUT2D eigenvalue weighted by molar-refractivity contribution is 5.93. The zero-order valence-corrected chi connectivity index (χ0v) is 16.2. The van der Waals surface area contributed by atoms with Crippen LogP contribution in [0.3, 0.4) is 0 Å². The van der Waals surface area contributed by atoms with E-state index in [0.29, 0.717) is 18.8 Å². The molecule has 1 aromatic rings. The second kappa shape index (κ2) is 8.25. The van der Waals surface area contributed by atoms with Crippen molar-refractivity contribution in [3.63, 3.8) is 0 Å². The topological polar surface area (TPSA) is 83.0 Å². The Morgan fingerprint density at radius 3 is 2.89 bits per heavy atom. The lowest BCUT2D eigenvalue weighted by atomic mass is 9.73. The van der Waals surface area contributed by atoms with Crippen LogP contribution in [0.2, 0.25) is 0 Å². The lowest BCUT2D eigenvalue weighted by Gasteiger charge is -2.48. The number of methoxy groups -OCH3 is 1. The minimum Gasteiger partial charge on any atom is -0.478 e. The van der Waals surface area contributed by atoms with E-state index >= 15 is 0 Å². The van der Waals surface area contributed by atoms with E-state index in [1.165, 1.54) is 0 Å². The average Bonchev–Trinajstić information content (AvgIpc) is 2.65. The Bertz CT molecular complexity index is 708. The standard InChI is InChI=1S/C20H29N3O4/c1-15-5-6-16(19(25)26)18(21-15)23-10-3-8-20(14-23)9-7-17(24)22(13-20)11-4-12-27-2/h5-6H,3-4,7-14H2,1-2H3,(H,25,26). The monoisotopic (exact) mass is 375 g/mol. The molecular weight excluding hydrogens is 346 g/mol. The lowest BCUT2D eigenvalue weighted by Crippen LogP contribution is -2.54. The zero-order chi connectivity index (χ0) is 19.4. The van der Waals surface area contributed by atoms with E-state index in [0.717, 1.165) is 57.6 Å². The largest absolute Gasteiger partial charge is 0.478 e. The number of carboxylic acids is 1. The van der Waals surface area contributed by atoms with E-state index in [9.17, 15) is 14.7 Å². The van der Waals surface area contributed by atoms with Gasteiger partial charge in [0, 0.05) is 57.4 Å². The van der Waals surface area contributed by atoms with Crippen molar-refractivity contribution in [1.29, 1.82) is 0 Å². The van der Waals surface area contributed by atoms with Crippen LogP contribution in [0.4, 0.5) is 5.82 Å². The van der Waals surface area contributed by atoms with E-state index in [4.69, 9.17) is 4.74 Å². The summed E-state index contributed by atoms with van der Waals surface area (Å²) in [7, 11) is 1.67. The predicted molar refractivity (Wildman–Crippen MR) is 102 cm³/mol. The van der Waals surface area contributed by atoms with Gasteiger partial charge in [-0.1, -0.05) is 0 Å². The van der Waals surface area contributed by atoms with Crippen LogP contribution in [-0.2, 0) is 9.53 Å². The summed E-state index contributed by atoms with van der Waals surface area (Å²) in [5.74, 6) is -0.171. The molecule has 1 atom stereocenters. The molecule has 0 aliphatic carbocycles. The second-order valence-electron chi connectivity index (χ2n) is 7.82. The van der Waals surface area contributed by atoms with Gasteiger partial charge in [-0.05, 0) is 44.7 Å². The summed E-state index contributed by atoms with van der Waals surface area (Å²) in [4.78, 5) is 32.6. The highest BCUT2D eigenvalue weighted by atomic mass is 16.5. The molecule has 2 aliphatic heterocycles. The number of carbonyl (C=O) groups excluding carboxylic acids is 1. The lowest BCUT2D eigenvalue weighted by molar-refractivity contribution is -0.138. The molecule has 0 aromatic carbocycles. The van der Waals surface area contributed by atoms with Crippen molar-refractivity contribution in [2.75, 3.05) is 44.8 Å². The first-order chi connectivity index (χ1) is 12.9. The molecule has 7 nitrogen and oxygen atoms in total. The summed E-state index contributed by atoms with van der Waals surface area (Å²) in [6.45, 7) is 5.54. The molecule has 7 heteroatoms. The van der Waals surface area contributed by atoms with Gasteiger partial charge in [0.15, 0.2) is 0 Å². The molecule has 1 spiro atoms. The van der Waals surface area contributed by atoms with E-state index in [2.05, 4.69) is 9.88 Å². The van der Waals surface area contributed by atoms with Crippen LogP contribution in [0.1, 0.15) is 48.2 Å². The third-order valence-electron chi connectivity index (χ3n) is 5.73. The molecule has 2 fully saturated rings. The van der Waals surface area contributed by atoms with Gasteiger partial charge >= 0.3 is 5.97 Å². The van der Waals surface area contributed by atoms with Gasteiger partial charge in [0.1, 0.15) is 11.4 Å². The van der Waals surface area contributed by atoms with Crippen molar-refractivity contribution in [2.45, 2.75) is 39.0 Å². The van der Waals surface area contributed by atoms with Crippen LogP contribution in [-0.4, -0.2) is 66.8 Å². The molecule has 2 aliphatic rings. The molecule has 0 saturated carbocycles. The molecule has 0 bridgehead atoms. The van der Waals surface area contributed by atoms with Crippen LogP contribution >= 0.6 is 0 Å². The number of carbonyl (C=O) groups is 2. The van der Waals surface area contributed by atoms with Crippen molar-refractivity contribution >= 4 is 17.7 Å². The van der Waals surface area contributed by atoms with Gasteiger partial charge in [0.2, 0.25) is 5.91 Å². The number of pyridine rings is 1. The van der Waals surface area contributed by atoms with E-state index in [1.807, 2.05) is 11.8 Å². The van der Waals surface area contributed by atoms with Gasteiger partial charge in [-0.2, -0.15) is 0 Å². The smallest absolute Gasteiger partial charge is 0.339 e. The summed E-state index contributed by atoms with van der Waals surface area (Å²) >= 11 is 0. The average molecular weight is 375 g/mol. The highest BCUT2D eigenvalue weighted by Gasteiger charge is 2.42. The molecular formula is C20H29N3O4. The Balaban J connectivity index is 1.78. The third-order valence-corrected chi connectivity index (χ3v) is 5.73. The van der Waals surface area contributed by atoms with Crippen LogP contribution in [0.15, 0.2) is 12.1 Å². The van der Waals surface area contributed by atoms with Gasteiger partial charge in [-0.25, -0.2) is 9.78 Å². The van der Waals surface area contributed by atoms with Crippen molar-refractivity contribution < 1.29 is 19.4 Å². The number of piperidine rings is 2. The van der Waals surface area contributed by atoms with Gasteiger partial charge in [-0.3, -0.25) is 4.79 Å². The SMILES string of the molecule is COCCCN1CC2(CCCN(c3nc(C)ccc3C(=O)O)C2)CCC1=O. The van der Waals surface area contributed by atoms with E-state index in [-0.39, 0.29) is 16.9 Å². The van der Waals surface area contributed by atoms with E-state index < -0.39 is 5.97 Å². The van der Waals surface area contributed by atoms with Crippen LogP contribution < -0.4 is 4.90 Å². The van der Waals surface area contributed by atoms with Gasteiger partial charge in [0.05, 0.1) is 0 Å². The number of hydrogen-bond acceptors (Lipinski definition) is 5. The quantitative estimate of drug-likeness (QED) is 0.769. The number of amides is 1. The number of rotatable bonds is 6. The Morgan fingerprint density at radius 2 is 2.15 bits per heavy atom. The fourth-order valence-electron chi connectivity index (χ4n) is 4.38. The van der Waals surface area contributed by atoms with Gasteiger partial charge in [0.25, 0.3) is 0 Å². The first-order valence-corrected chi connectivity index (χ1v) is 9.67. The highest BCUT2D eigenvalue weighted by Crippen LogP contribution is 2.40. The number of aryl methyl sites for hydroxylation is 1. The number of carboxylic acid groups (broad SMARTS) is 1. The minimum absolute atomic E-state index is 0.0143. The maximum atomic E-state index is 12.3. The Kier molecular flexibility index (Phi) is 5.99. The Morgan fingerprint density at radius 1 is 1.33 bits per heavy atom. The molecule has 1 N–H and O–H groups in total. The number of nitrogens with zero attached hydrogens (tertiary/aromatic N) is 3. The molecule has 27 heavy (non-hydrogen) atoms. The van der Waals surface area contributed by atoms with Crippen molar-refractivity contribution in [3.8, 4) is 0 Å². The van der Waals surface area contributed by atoms with Crippen LogP contribution in [0.25, 0.3) is 0 Å². The van der Waals surface area contributed by atoms with Crippen molar-refractivity contribution in [2.24, 2.45) is 5.41 Å². The summed E-state index contributed by atoms with van der Waals surface area (Å²) < 4.78 is 5.12. The molecule has 1 aromatic heterocycles. The molecule has 2 saturated heterocycles. The normalized spacial score (nSPS) is 23.1. The second-order valence-corrected chi connectivity index (χ2v) is 7.82. The Hall–Kier alpha value is -2.15. The van der Waals surface area contributed by atoms with Gasteiger partial charge < -0.3 is 19.6 Å². The predicted octanol–water partition coefficient (Wildman–Crippen LogP) is 2.33. The molecule has 3 rings (SSSR count). The number of aromatic nitrogens is 1. The molecule has 1 unspecified atom stereocenters. The zero-order valence-electron chi connectivity index (χ0n) is 16.2. The molecule has 0 radical (unpaired) electrons. The molecule has 1 amide bonds. The molecule has 148 valence electrons. The first-order valence-electron chi connectivity index (χ1n) is 9.67. The number of aromatic carboxylic acids is 1. The fraction of sp³-hybridized carbons (Fsp3) is 0.650. The summed E-state index contributed by atoms with van der Waals surface area (Å²) in [6, 6.07) is 3.38. The van der Waals surface area contributed by atoms with Crippen LogP contribution in [0, 0.1) is 12.3 Å². The number of ether oxygens (including phenoxy) is 1. The van der Waals surface area contributed by atoms with E-state index in [1.54, 1.807) is 19.2 Å². The fourth-order valence-corrected chi connectivity index (χ4v) is 4.38. The number of anilines is 1. The van der Waals surface area contributed by atoms with Crippen molar-refractivity contribution in [1.82, 2.24) is 9.88 Å². The Labute approximate surface area is 160 Å². The summed E-state index contributed by atoms with van der Waals surface area (Å²) in [6.07, 6.45) is 4.30. The number of likely N-dealkylation sites (tertiary alicyclic amines) is 1. The number of hydrogen-bond donors (Lipinski definition) is 1. The van der Waals surface area contributed by atoms with Gasteiger partial charge in [-0.15, -0.1) is 0 Å². The first kappa shape index (κ1) is 19.6. The molecule has 3 heterocycles. The third kappa shape index (κ3) is 4.40. The summed E-state index contributed by atoms with van der Waals surface area (Å²) in [5, 5.41) is 9.55. The maximum Gasteiger partial charge on any atom is 0.339 e. The summed E-state index contributed by atoms with van der Waals surface area (Å²) in [5.41, 5.74) is 1.08. The maximum absolute atomic E-state index is 12.3. The van der Waals surface area contributed by atoms with Crippen LogP contribution in [0.5, 0.6) is 0 Å².